The molecule has 0 saturated heterocycles. The Hall–Kier alpha value is -0.860. The molecule has 0 heterocycles. The molecule has 0 amide bonds. The maximum atomic E-state index is 13.7. The number of carbonyl (C=O) groups is 2. The van der Waals surface area contributed by atoms with Crippen LogP contribution in [0, 0.1) is 52.3 Å². The van der Waals surface area contributed by atoms with Crippen LogP contribution in [-0.4, -0.2) is 17.9 Å². The lowest BCUT2D eigenvalue weighted by atomic mass is 9.44. The van der Waals surface area contributed by atoms with Crippen LogP contribution < -0.4 is 0 Å². The second-order valence-electron chi connectivity index (χ2n) is 13.1. The van der Waals surface area contributed by atoms with Gasteiger partial charge in [0.2, 0.25) is 0 Å². The van der Waals surface area contributed by atoms with Gasteiger partial charge in [0.15, 0.2) is 0 Å². The van der Waals surface area contributed by atoms with E-state index in [1.165, 1.54) is 51.9 Å². The summed E-state index contributed by atoms with van der Waals surface area (Å²) >= 11 is 0. The summed E-state index contributed by atoms with van der Waals surface area (Å²) in [4.78, 5) is 25.2. The lowest BCUT2D eigenvalue weighted by molar-refractivity contribution is -0.168. The van der Waals surface area contributed by atoms with Crippen LogP contribution in [0.15, 0.2) is 0 Å². The molecule has 0 bridgehead atoms. The molecule has 4 saturated carbocycles. The summed E-state index contributed by atoms with van der Waals surface area (Å²) < 4.78 is 5.58. The number of ether oxygens (including phenoxy) is 1. The lowest BCUT2D eigenvalue weighted by Crippen LogP contribution is -2.57. The first kappa shape index (κ1) is 24.3. The molecular weight excluding hydrogens is 396 g/mol. The van der Waals surface area contributed by atoms with E-state index in [0.29, 0.717) is 29.0 Å². The highest BCUT2D eigenvalue weighted by atomic mass is 16.5. The minimum absolute atomic E-state index is 0.0198. The minimum Gasteiger partial charge on any atom is -0.463 e. The van der Waals surface area contributed by atoms with Gasteiger partial charge in [-0.05, 0) is 91.3 Å². The number of ketones is 1. The van der Waals surface area contributed by atoms with Gasteiger partial charge in [0.1, 0.15) is 11.9 Å². The summed E-state index contributed by atoms with van der Waals surface area (Å²) in [5, 5.41) is 0. The van der Waals surface area contributed by atoms with Gasteiger partial charge in [0, 0.05) is 19.3 Å². The second-order valence-corrected chi connectivity index (χ2v) is 13.1. The first-order chi connectivity index (χ1) is 15.1. The van der Waals surface area contributed by atoms with Gasteiger partial charge in [-0.25, -0.2) is 0 Å². The molecule has 0 aliphatic heterocycles. The quantitative estimate of drug-likeness (QED) is 0.406. The monoisotopic (exact) mass is 444 g/mol. The van der Waals surface area contributed by atoms with E-state index in [2.05, 4.69) is 34.6 Å². The van der Waals surface area contributed by atoms with Gasteiger partial charge in [0.25, 0.3) is 0 Å². The van der Waals surface area contributed by atoms with Gasteiger partial charge < -0.3 is 4.74 Å². The number of carbonyl (C=O) groups excluding carboxylic acids is 2. The highest BCUT2D eigenvalue weighted by Crippen LogP contribution is 2.67. The molecule has 0 aromatic rings. The number of fused-ring (bicyclic) bond motifs is 5. The molecule has 3 nitrogen and oxygen atoms in total. The Kier molecular flexibility index (Phi) is 6.87. The second kappa shape index (κ2) is 9.06. The predicted octanol–water partition coefficient (Wildman–Crippen LogP) is 7.22. The number of hydrogen-bond acceptors (Lipinski definition) is 3. The molecule has 0 aromatic carbocycles. The third-order valence-corrected chi connectivity index (χ3v) is 11.0. The first-order valence-electron chi connectivity index (χ1n) is 13.8. The maximum absolute atomic E-state index is 13.7. The van der Waals surface area contributed by atoms with Crippen molar-refractivity contribution in [3.8, 4) is 0 Å². The Morgan fingerprint density at radius 1 is 1.00 bits per heavy atom. The predicted molar refractivity (Wildman–Crippen MR) is 129 cm³/mol. The van der Waals surface area contributed by atoms with Crippen molar-refractivity contribution in [1.29, 1.82) is 0 Å². The van der Waals surface area contributed by atoms with Crippen LogP contribution in [0.1, 0.15) is 112 Å². The minimum atomic E-state index is -0.174. The topological polar surface area (TPSA) is 43.4 Å². The van der Waals surface area contributed by atoms with Gasteiger partial charge in [-0.1, -0.05) is 53.9 Å². The van der Waals surface area contributed by atoms with Crippen molar-refractivity contribution in [2.24, 2.45) is 52.3 Å². The van der Waals surface area contributed by atoms with Crippen LogP contribution in [0.25, 0.3) is 0 Å². The highest BCUT2D eigenvalue weighted by Gasteiger charge is 2.63. The third kappa shape index (κ3) is 4.20. The van der Waals surface area contributed by atoms with Crippen molar-refractivity contribution in [2.75, 3.05) is 0 Å². The summed E-state index contributed by atoms with van der Waals surface area (Å²) in [6.45, 7) is 13.7. The third-order valence-electron chi connectivity index (χ3n) is 11.0. The smallest absolute Gasteiger partial charge is 0.302 e. The zero-order valence-corrected chi connectivity index (χ0v) is 21.6. The summed E-state index contributed by atoms with van der Waals surface area (Å²) in [5.74, 6) is 4.56. The molecule has 0 aromatic heterocycles. The van der Waals surface area contributed by atoms with E-state index in [0.717, 1.165) is 43.4 Å². The van der Waals surface area contributed by atoms with Gasteiger partial charge in [0.05, 0.1) is 0 Å². The Balaban J connectivity index is 1.48. The zero-order valence-electron chi connectivity index (χ0n) is 21.6. The van der Waals surface area contributed by atoms with E-state index >= 15 is 0 Å². The number of hydrogen-bond donors (Lipinski definition) is 0. The van der Waals surface area contributed by atoms with Gasteiger partial charge in [-0.2, -0.15) is 0 Å². The summed E-state index contributed by atoms with van der Waals surface area (Å²) in [6.07, 6.45) is 12.9. The van der Waals surface area contributed by atoms with E-state index in [4.69, 9.17) is 4.74 Å². The maximum Gasteiger partial charge on any atom is 0.302 e. The summed E-state index contributed by atoms with van der Waals surface area (Å²) in [5.41, 5.74) is 0.601. The van der Waals surface area contributed by atoms with Crippen LogP contribution in [0.3, 0.4) is 0 Å². The Labute approximate surface area is 196 Å². The molecule has 0 spiro atoms. The van der Waals surface area contributed by atoms with Crippen LogP contribution in [0.5, 0.6) is 0 Å². The molecule has 3 heteroatoms. The lowest BCUT2D eigenvalue weighted by Gasteiger charge is -2.60. The molecule has 4 rings (SSSR count). The molecule has 4 fully saturated rings. The number of esters is 1. The van der Waals surface area contributed by atoms with E-state index in [9.17, 15) is 9.59 Å². The molecular formula is C29H48O3. The fraction of sp³-hybridized carbons (Fsp3) is 0.931. The van der Waals surface area contributed by atoms with Crippen LogP contribution in [-0.2, 0) is 14.3 Å². The van der Waals surface area contributed by atoms with Crippen molar-refractivity contribution in [1.82, 2.24) is 0 Å². The Morgan fingerprint density at radius 3 is 2.38 bits per heavy atom. The Bertz CT molecular complexity index is 713. The van der Waals surface area contributed by atoms with Crippen molar-refractivity contribution in [3.05, 3.63) is 0 Å². The molecule has 0 N–H and O–H groups in total. The van der Waals surface area contributed by atoms with Gasteiger partial charge >= 0.3 is 5.97 Å². The van der Waals surface area contributed by atoms with E-state index in [1.807, 2.05) is 0 Å². The molecule has 182 valence electrons. The zero-order chi connectivity index (χ0) is 23.3. The van der Waals surface area contributed by atoms with E-state index in [-0.39, 0.29) is 23.4 Å². The number of rotatable bonds is 6. The molecule has 0 radical (unpaired) electrons. The fourth-order valence-corrected chi connectivity index (χ4v) is 9.26. The van der Waals surface area contributed by atoms with Crippen LogP contribution in [0.2, 0.25) is 0 Å². The number of Topliss-reactive ketones (excluding diaryl/α,β-unsaturated/α-hetero) is 1. The summed E-state index contributed by atoms with van der Waals surface area (Å²) in [7, 11) is 0. The normalized spacial score (nSPS) is 44.5. The molecule has 32 heavy (non-hydrogen) atoms. The average Bonchev–Trinajstić information content (AvgIpc) is 3.05. The van der Waals surface area contributed by atoms with Crippen molar-refractivity contribution < 1.29 is 14.3 Å². The average molecular weight is 445 g/mol. The van der Waals surface area contributed by atoms with E-state index < -0.39 is 0 Å². The highest BCUT2D eigenvalue weighted by molar-refractivity contribution is 5.83. The van der Waals surface area contributed by atoms with Crippen molar-refractivity contribution in [2.45, 2.75) is 118 Å². The summed E-state index contributed by atoms with van der Waals surface area (Å²) in [6, 6.07) is 0. The van der Waals surface area contributed by atoms with E-state index in [1.54, 1.807) is 0 Å². The molecule has 4 aliphatic rings. The first-order valence-corrected chi connectivity index (χ1v) is 13.8. The van der Waals surface area contributed by atoms with Crippen LogP contribution >= 0.6 is 0 Å². The SMILES string of the molecule is CC(=O)O[C@H]1CC[C@@]2(C)[C@@H](CC(=O)[C@@H]3[C@@H]2CC[C@]2(C)[C@@H]([C@H](C)CCCC(C)C)CC[C@@H]32)C1. The van der Waals surface area contributed by atoms with Crippen molar-refractivity contribution in [3.63, 3.8) is 0 Å². The largest absolute Gasteiger partial charge is 0.463 e. The molecule has 9 atom stereocenters. The molecule has 0 unspecified atom stereocenters. The van der Waals surface area contributed by atoms with Gasteiger partial charge in [-0.15, -0.1) is 0 Å². The van der Waals surface area contributed by atoms with Gasteiger partial charge in [-0.3, -0.25) is 9.59 Å². The van der Waals surface area contributed by atoms with Crippen molar-refractivity contribution >= 4 is 11.8 Å². The molecule has 4 aliphatic carbocycles. The Morgan fingerprint density at radius 2 is 1.69 bits per heavy atom. The standard InChI is InChI=1S/C29H48O3/c1-18(2)8-7-9-19(3)23-10-11-24-27-25(13-15-29(23,24)6)28(5)14-12-22(32-20(4)30)16-21(28)17-26(27)31/h18-19,21-25,27H,7-17H2,1-6H3/t19-,21-,22+,23-,24+,25+,27+,28+,29-/m1/s1. The fourth-order valence-electron chi connectivity index (χ4n) is 9.26. The van der Waals surface area contributed by atoms with Crippen LogP contribution in [0.4, 0.5) is 0 Å².